The smallest absolute Gasteiger partial charge is 0.237 e. The number of hydrogen-bond acceptors (Lipinski definition) is 3. The van der Waals surface area contributed by atoms with Crippen LogP contribution in [-0.4, -0.2) is 35.5 Å². The third-order valence-electron chi connectivity index (χ3n) is 5.15. The molecule has 2 unspecified atom stereocenters. The minimum atomic E-state index is -0.766. The Morgan fingerprint density at radius 3 is 2.43 bits per heavy atom. The first-order chi connectivity index (χ1) is 9.85. The van der Waals surface area contributed by atoms with E-state index in [-0.39, 0.29) is 11.8 Å². The first kappa shape index (κ1) is 18.4. The molecule has 0 aliphatic heterocycles. The van der Waals surface area contributed by atoms with Crippen LogP contribution in [0.1, 0.15) is 66.2 Å². The van der Waals surface area contributed by atoms with Crippen LogP contribution in [0.15, 0.2) is 0 Å². The van der Waals surface area contributed by atoms with Gasteiger partial charge in [0.05, 0.1) is 5.54 Å². The van der Waals surface area contributed by atoms with Crippen LogP contribution in [0.4, 0.5) is 0 Å². The van der Waals surface area contributed by atoms with Crippen molar-refractivity contribution in [1.82, 2.24) is 4.90 Å². The van der Waals surface area contributed by atoms with Crippen LogP contribution in [0.25, 0.3) is 0 Å². The third-order valence-corrected chi connectivity index (χ3v) is 5.15. The summed E-state index contributed by atoms with van der Waals surface area (Å²) in [6.07, 6.45) is 6.16. The molecule has 4 N–H and O–H groups in total. The van der Waals surface area contributed by atoms with Gasteiger partial charge in [-0.1, -0.05) is 34.1 Å². The topological polar surface area (TPSA) is 72.3 Å². The number of nitrogens with zero attached hydrogens (tertiary/aromatic N) is 1. The molecule has 0 bridgehead atoms. The number of carbonyl (C=O) groups is 1. The molecule has 0 aromatic heterocycles. The summed E-state index contributed by atoms with van der Waals surface area (Å²) in [6, 6.07) is 0.634. The van der Waals surface area contributed by atoms with Gasteiger partial charge in [0.15, 0.2) is 0 Å². The zero-order chi connectivity index (χ0) is 16.0. The zero-order valence-corrected chi connectivity index (χ0v) is 14.4. The monoisotopic (exact) mass is 297 g/mol. The Morgan fingerprint density at radius 1 is 1.33 bits per heavy atom. The minimum absolute atomic E-state index is 0.249. The summed E-state index contributed by atoms with van der Waals surface area (Å²) in [5, 5.41) is 0. The van der Waals surface area contributed by atoms with Gasteiger partial charge in [-0.15, -0.1) is 0 Å². The van der Waals surface area contributed by atoms with Crippen molar-refractivity contribution in [1.29, 1.82) is 0 Å². The largest absolute Gasteiger partial charge is 0.368 e. The van der Waals surface area contributed by atoms with Crippen molar-refractivity contribution >= 4 is 5.91 Å². The molecular formula is C17H35N3O. The van der Waals surface area contributed by atoms with Gasteiger partial charge in [-0.3, -0.25) is 4.79 Å². The predicted octanol–water partition coefficient (Wildman–Crippen LogP) is 2.51. The summed E-state index contributed by atoms with van der Waals surface area (Å²) in [5.74, 6) is 0.593. The number of carbonyl (C=O) groups excluding carboxylic acids is 1. The molecule has 124 valence electrons. The summed E-state index contributed by atoms with van der Waals surface area (Å²) < 4.78 is 0. The van der Waals surface area contributed by atoms with E-state index in [1.807, 2.05) is 0 Å². The Hall–Kier alpha value is -0.610. The Morgan fingerprint density at radius 2 is 1.95 bits per heavy atom. The maximum absolute atomic E-state index is 11.7. The van der Waals surface area contributed by atoms with Gasteiger partial charge >= 0.3 is 0 Å². The molecule has 2 atom stereocenters. The molecular weight excluding hydrogens is 262 g/mol. The molecule has 4 nitrogen and oxygen atoms in total. The maximum Gasteiger partial charge on any atom is 0.237 e. The van der Waals surface area contributed by atoms with Crippen molar-refractivity contribution in [2.24, 2.45) is 23.3 Å². The van der Waals surface area contributed by atoms with Gasteiger partial charge < -0.3 is 16.4 Å². The first-order valence-corrected chi connectivity index (χ1v) is 8.67. The fourth-order valence-corrected chi connectivity index (χ4v) is 3.85. The Labute approximate surface area is 130 Å². The molecule has 0 radical (unpaired) electrons. The number of primary amides is 1. The van der Waals surface area contributed by atoms with Crippen LogP contribution >= 0.6 is 0 Å². The highest BCUT2D eigenvalue weighted by atomic mass is 16.1. The fourth-order valence-electron chi connectivity index (χ4n) is 3.85. The number of hydrogen-bond donors (Lipinski definition) is 2. The van der Waals surface area contributed by atoms with Crippen LogP contribution in [0.3, 0.4) is 0 Å². The third kappa shape index (κ3) is 4.68. The quantitative estimate of drug-likeness (QED) is 0.687. The average Bonchev–Trinajstić information content (AvgIpc) is 2.79. The molecule has 0 heterocycles. The zero-order valence-electron chi connectivity index (χ0n) is 14.4. The van der Waals surface area contributed by atoms with Gasteiger partial charge in [0.25, 0.3) is 0 Å². The molecule has 0 saturated heterocycles. The molecule has 4 heteroatoms. The van der Waals surface area contributed by atoms with E-state index < -0.39 is 5.54 Å². The van der Waals surface area contributed by atoms with Gasteiger partial charge in [0.2, 0.25) is 5.91 Å². The normalized spacial score (nSPS) is 26.2. The lowest BCUT2D eigenvalue weighted by atomic mass is 9.84. The van der Waals surface area contributed by atoms with E-state index in [9.17, 15) is 4.79 Å². The molecule has 21 heavy (non-hydrogen) atoms. The summed E-state index contributed by atoms with van der Waals surface area (Å²) >= 11 is 0. The first-order valence-electron chi connectivity index (χ1n) is 8.67. The van der Waals surface area contributed by atoms with Crippen LogP contribution in [0, 0.1) is 11.8 Å². The van der Waals surface area contributed by atoms with E-state index in [1.165, 1.54) is 12.8 Å². The highest BCUT2D eigenvalue weighted by molar-refractivity contribution is 5.85. The van der Waals surface area contributed by atoms with E-state index in [0.717, 1.165) is 38.8 Å². The number of nitrogens with two attached hydrogens (primary N) is 2. The molecule has 1 rings (SSSR count). The second-order valence-corrected chi connectivity index (χ2v) is 7.14. The van der Waals surface area contributed by atoms with Gasteiger partial charge in [0.1, 0.15) is 0 Å². The Kier molecular flexibility index (Phi) is 7.14. The summed E-state index contributed by atoms with van der Waals surface area (Å²) in [6.45, 7) is 11.2. The highest BCUT2D eigenvalue weighted by Gasteiger charge is 2.44. The lowest BCUT2D eigenvalue weighted by molar-refractivity contribution is -0.124. The summed E-state index contributed by atoms with van der Waals surface area (Å²) in [5.41, 5.74) is 11.1. The van der Waals surface area contributed by atoms with E-state index >= 15 is 0 Å². The SMILES string of the molecule is CCC(CC)N(CCC1CCCC1(N)C(N)=O)CC(C)C. The van der Waals surface area contributed by atoms with Crippen molar-refractivity contribution < 1.29 is 4.79 Å². The average molecular weight is 297 g/mol. The molecule has 1 saturated carbocycles. The second kappa shape index (κ2) is 8.14. The van der Waals surface area contributed by atoms with E-state index in [2.05, 4.69) is 32.6 Å². The Bertz CT molecular complexity index is 328. The maximum atomic E-state index is 11.7. The van der Waals surface area contributed by atoms with E-state index in [1.54, 1.807) is 0 Å². The minimum Gasteiger partial charge on any atom is -0.368 e. The van der Waals surface area contributed by atoms with Gasteiger partial charge in [-0.05, 0) is 50.5 Å². The van der Waals surface area contributed by atoms with Crippen molar-refractivity contribution in [3.05, 3.63) is 0 Å². The van der Waals surface area contributed by atoms with Gasteiger partial charge in [-0.25, -0.2) is 0 Å². The number of amides is 1. The van der Waals surface area contributed by atoms with Crippen LogP contribution in [0.2, 0.25) is 0 Å². The molecule has 1 amide bonds. The molecule has 0 aromatic rings. The highest BCUT2D eigenvalue weighted by Crippen LogP contribution is 2.36. The predicted molar refractivity (Wildman–Crippen MR) is 88.9 cm³/mol. The Balaban J connectivity index is 2.65. The van der Waals surface area contributed by atoms with Crippen molar-refractivity contribution in [2.45, 2.75) is 77.8 Å². The molecule has 1 aliphatic rings. The van der Waals surface area contributed by atoms with Gasteiger partial charge in [0, 0.05) is 12.6 Å². The lowest BCUT2D eigenvalue weighted by Crippen LogP contribution is -2.55. The van der Waals surface area contributed by atoms with Crippen molar-refractivity contribution in [3.63, 3.8) is 0 Å². The molecule has 1 fully saturated rings. The number of rotatable bonds is 9. The van der Waals surface area contributed by atoms with E-state index in [0.29, 0.717) is 12.0 Å². The van der Waals surface area contributed by atoms with Crippen LogP contribution in [0.5, 0.6) is 0 Å². The standard InChI is InChI=1S/C17H35N3O/c1-5-15(6-2)20(12-13(3)4)11-9-14-8-7-10-17(14,19)16(18)21/h13-15H,5-12,19H2,1-4H3,(H2,18,21). The molecule has 0 spiro atoms. The fraction of sp³-hybridized carbons (Fsp3) is 0.941. The summed E-state index contributed by atoms with van der Waals surface area (Å²) in [4.78, 5) is 14.3. The van der Waals surface area contributed by atoms with Crippen molar-refractivity contribution in [3.8, 4) is 0 Å². The van der Waals surface area contributed by atoms with Gasteiger partial charge in [-0.2, -0.15) is 0 Å². The lowest BCUT2D eigenvalue weighted by Gasteiger charge is -2.35. The molecule has 1 aliphatic carbocycles. The van der Waals surface area contributed by atoms with Crippen molar-refractivity contribution in [2.75, 3.05) is 13.1 Å². The molecule has 0 aromatic carbocycles. The second-order valence-electron chi connectivity index (χ2n) is 7.14. The van der Waals surface area contributed by atoms with Crippen LogP contribution in [-0.2, 0) is 4.79 Å². The van der Waals surface area contributed by atoms with E-state index in [4.69, 9.17) is 11.5 Å². The summed E-state index contributed by atoms with van der Waals surface area (Å²) in [7, 11) is 0. The van der Waals surface area contributed by atoms with Crippen LogP contribution < -0.4 is 11.5 Å².